The van der Waals surface area contributed by atoms with E-state index < -0.39 is 18.2 Å². The Kier molecular flexibility index (Phi) is 25.0. The number of carbonyl (C=O) groups is 3. The SMILES string of the molecule is CCCCCCCC(=O)OCCN(C)CC(=O)OC(CCCCC)C(O)C/C=C\CCCCCCCC(=O)O. The van der Waals surface area contributed by atoms with Crippen molar-refractivity contribution in [2.24, 2.45) is 0 Å². The van der Waals surface area contributed by atoms with Crippen LogP contribution in [-0.4, -0.2) is 72.0 Å². The summed E-state index contributed by atoms with van der Waals surface area (Å²) in [5, 5.41) is 19.4. The Morgan fingerprint density at radius 2 is 1.41 bits per heavy atom. The fraction of sp³-hybridized carbons (Fsp3) is 0.839. The maximum Gasteiger partial charge on any atom is 0.320 e. The van der Waals surface area contributed by atoms with Crippen molar-refractivity contribution >= 4 is 17.9 Å². The summed E-state index contributed by atoms with van der Waals surface area (Å²) in [6, 6.07) is 0. The zero-order chi connectivity index (χ0) is 29.1. The molecule has 0 aromatic rings. The number of carboxylic acid groups (broad SMARTS) is 1. The van der Waals surface area contributed by atoms with E-state index in [0.29, 0.717) is 25.8 Å². The Hall–Kier alpha value is -1.93. The molecule has 0 spiro atoms. The number of carbonyl (C=O) groups excluding carboxylic acids is 2. The van der Waals surface area contributed by atoms with Crippen LogP contribution < -0.4 is 0 Å². The number of esters is 2. The molecular formula is C31H57NO7. The van der Waals surface area contributed by atoms with Gasteiger partial charge in [-0.2, -0.15) is 0 Å². The number of allylic oxidation sites excluding steroid dienone is 1. The fourth-order valence-corrected chi connectivity index (χ4v) is 4.27. The largest absolute Gasteiger partial charge is 0.481 e. The van der Waals surface area contributed by atoms with Crippen molar-refractivity contribution in [2.45, 2.75) is 142 Å². The van der Waals surface area contributed by atoms with Crippen molar-refractivity contribution in [1.29, 1.82) is 0 Å². The van der Waals surface area contributed by atoms with Crippen LogP contribution in [0.5, 0.6) is 0 Å². The highest BCUT2D eigenvalue weighted by molar-refractivity contribution is 5.72. The average molecular weight is 556 g/mol. The van der Waals surface area contributed by atoms with Gasteiger partial charge >= 0.3 is 17.9 Å². The standard InChI is InChI=1S/C31H57NO7/c1-4-6-8-13-19-23-30(36)38-25-24-32(3)26-31(37)39-28(21-16-7-5-2)27(33)20-17-14-11-9-10-12-15-18-22-29(34)35/h14,17,27-28,33H,4-13,15-16,18-26H2,1-3H3,(H,34,35)/b17-14-. The van der Waals surface area contributed by atoms with Crippen LogP contribution in [0.3, 0.4) is 0 Å². The number of aliphatic hydroxyl groups is 1. The second-order valence-corrected chi connectivity index (χ2v) is 10.6. The molecule has 8 nitrogen and oxygen atoms in total. The highest BCUT2D eigenvalue weighted by atomic mass is 16.6. The van der Waals surface area contributed by atoms with Crippen LogP contribution in [0.25, 0.3) is 0 Å². The molecule has 0 rings (SSSR count). The minimum absolute atomic E-state index is 0.0773. The fourth-order valence-electron chi connectivity index (χ4n) is 4.27. The Morgan fingerprint density at radius 3 is 2.10 bits per heavy atom. The van der Waals surface area contributed by atoms with Crippen molar-refractivity contribution in [2.75, 3.05) is 26.7 Å². The van der Waals surface area contributed by atoms with Crippen LogP contribution in [0, 0.1) is 0 Å². The van der Waals surface area contributed by atoms with Gasteiger partial charge in [-0.25, -0.2) is 0 Å². The quantitative estimate of drug-likeness (QED) is 0.0677. The molecule has 0 bridgehead atoms. The molecule has 0 aliphatic rings. The zero-order valence-electron chi connectivity index (χ0n) is 25.0. The second kappa shape index (κ2) is 26.3. The summed E-state index contributed by atoms with van der Waals surface area (Å²) in [5.41, 5.74) is 0. The molecule has 0 fully saturated rings. The van der Waals surface area contributed by atoms with Crippen LogP contribution in [0.4, 0.5) is 0 Å². The maximum absolute atomic E-state index is 12.6. The van der Waals surface area contributed by atoms with Crippen LogP contribution in [-0.2, 0) is 23.9 Å². The summed E-state index contributed by atoms with van der Waals surface area (Å²) in [5.74, 6) is -1.30. The summed E-state index contributed by atoms with van der Waals surface area (Å²) in [4.78, 5) is 36.7. The topological polar surface area (TPSA) is 113 Å². The molecule has 2 N–H and O–H groups in total. The van der Waals surface area contributed by atoms with Gasteiger partial charge in [-0.05, 0) is 52.0 Å². The molecular weight excluding hydrogens is 498 g/mol. The van der Waals surface area contributed by atoms with Crippen LogP contribution >= 0.6 is 0 Å². The van der Waals surface area contributed by atoms with Crippen molar-refractivity contribution in [3.63, 3.8) is 0 Å². The van der Waals surface area contributed by atoms with E-state index in [2.05, 4.69) is 19.9 Å². The molecule has 0 aromatic carbocycles. The van der Waals surface area contributed by atoms with E-state index in [9.17, 15) is 19.5 Å². The van der Waals surface area contributed by atoms with E-state index in [0.717, 1.165) is 77.0 Å². The van der Waals surface area contributed by atoms with Crippen molar-refractivity contribution in [3.05, 3.63) is 12.2 Å². The van der Waals surface area contributed by atoms with Crippen LogP contribution in [0.15, 0.2) is 12.2 Å². The summed E-state index contributed by atoms with van der Waals surface area (Å²) in [7, 11) is 1.79. The number of ether oxygens (including phenoxy) is 2. The maximum atomic E-state index is 12.6. The Bertz CT molecular complexity index is 653. The average Bonchev–Trinajstić information content (AvgIpc) is 2.88. The molecule has 0 aliphatic carbocycles. The third-order valence-corrected chi connectivity index (χ3v) is 6.73. The lowest BCUT2D eigenvalue weighted by Crippen LogP contribution is -2.36. The summed E-state index contributed by atoms with van der Waals surface area (Å²) < 4.78 is 11.0. The Balaban J connectivity index is 4.27. The van der Waals surface area contributed by atoms with E-state index in [-0.39, 0.29) is 31.5 Å². The Labute approximate surface area is 237 Å². The summed E-state index contributed by atoms with van der Waals surface area (Å²) >= 11 is 0. The van der Waals surface area contributed by atoms with Gasteiger partial charge in [0.15, 0.2) is 0 Å². The number of likely N-dealkylation sites (N-methyl/N-ethyl adjacent to an activating group) is 1. The molecule has 0 aromatic heterocycles. The molecule has 0 saturated carbocycles. The molecule has 39 heavy (non-hydrogen) atoms. The minimum atomic E-state index is -0.748. The van der Waals surface area contributed by atoms with Crippen LogP contribution in [0.1, 0.15) is 129 Å². The minimum Gasteiger partial charge on any atom is -0.481 e. The number of aliphatic carboxylic acids is 1. The molecule has 228 valence electrons. The van der Waals surface area contributed by atoms with Gasteiger partial charge < -0.3 is 19.7 Å². The molecule has 2 atom stereocenters. The lowest BCUT2D eigenvalue weighted by Gasteiger charge is -2.24. The highest BCUT2D eigenvalue weighted by Crippen LogP contribution is 2.15. The molecule has 0 aliphatic heterocycles. The number of unbranched alkanes of at least 4 members (excludes halogenated alkanes) is 11. The molecule has 0 saturated heterocycles. The first-order valence-corrected chi connectivity index (χ1v) is 15.4. The van der Waals surface area contributed by atoms with Gasteiger partial charge in [-0.1, -0.05) is 83.8 Å². The van der Waals surface area contributed by atoms with E-state index in [4.69, 9.17) is 14.6 Å². The number of carboxylic acids is 1. The molecule has 0 amide bonds. The van der Waals surface area contributed by atoms with E-state index >= 15 is 0 Å². The zero-order valence-corrected chi connectivity index (χ0v) is 25.0. The first-order valence-electron chi connectivity index (χ1n) is 15.4. The van der Waals surface area contributed by atoms with Crippen molar-refractivity contribution < 1.29 is 34.1 Å². The first-order chi connectivity index (χ1) is 18.8. The predicted octanol–water partition coefficient (Wildman–Crippen LogP) is 6.44. The van der Waals surface area contributed by atoms with Gasteiger partial charge in [0.05, 0.1) is 12.6 Å². The lowest BCUT2D eigenvalue weighted by atomic mass is 10.0. The smallest absolute Gasteiger partial charge is 0.320 e. The third-order valence-electron chi connectivity index (χ3n) is 6.73. The molecule has 2 unspecified atom stereocenters. The third kappa shape index (κ3) is 24.8. The molecule has 0 heterocycles. The first kappa shape index (κ1) is 37.1. The van der Waals surface area contributed by atoms with Gasteiger partial charge in [-0.15, -0.1) is 0 Å². The van der Waals surface area contributed by atoms with Gasteiger partial charge in [0.1, 0.15) is 12.7 Å². The lowest BCUT2D eigenvalue weighted by molar-refractivity contribution is -0.156. The summed E-state index contributed by atoms with van der Waals surface area (Å²) in [6.45, 7) is 5.04. The highest BCUT2D eigenvalue weighted by Gasteiger charge is 2.23. The molecule has 8 heteroatoms. The monoisotopic (exact) mass is 555 g/mol. The van der Waals surface area contributed by atoms with E-state index in [1.54, 1.807) is 11.9 Å². The molecule has 0 radical (unpaired) electrons. The van der Waals surface area contributed by atoms with Gasteiger partial charge in [-0.3, -0.25) is 19.3 Å². The Morgan fingerprint density at radius 1 is 0.795 bits per heavy atom. The predicted molar refractivity (Wildman–Crippen MR) is 156 cm³/mol. The van der Waals surface area contributed by atoms with E-state index in [1.165, 1.54) is 12.8 Å². The van der Waals surface area contributed by atoms with Crippen molar-refractivity contribution in [1.82, 2.24) is 4.90 Å². The number of aliphatic hydroxyl groups excluding tert-OH is 1. The normalized spacial score (nSPS) is 13.1. The van der Waals surface area contributed by atoms with Crippen LogP contribution in [0.2, 0.25) is 0 Å². The number of hydrogen-bond acceptors (Lipinski definition) is 7. The van der Waals surface area contributed by atoms with Gasteiger partial charge in [0.2, 0.25) is 0 Å². The number of nitrogens with zero attached hydrogens (tertiary/aromatic N) is 1. The van der Waals surface area contributed by atoms with Gasteiger partial charge in [0.25, 0.3) is 0 Å². The summed E-state index contributed by atoms with van der Waals surface area (Å²) in [6.07, 6.45) is 18.6. The second-order valence-electron chi connectivity index (χ2n) is 10.6. The van der Waals surface area contributed by atoms with E-state index in [1.807, 2.05) is 6.08 Å². The number of rotatable bonds is 27. The van der Waals surface area contributed by atoms with Crippen molar-refractivity contribution in [3.8, 4) is 0 Å². The van der Waals surface area contributed by atoms with Gasteiger partial charge in [0, 0.05) is 19.4 Å². The number of hydrogen-bond donors (Lipinski definition) is 2.